The normalized spacial score (nSPS) is 12.0. The smallest absolute Gasteiger partial charge is 0.260 e. The molecule has 2 rings (SSSR count). The third kappa shape index (κ3) is 5.78. The van der Waals surface area contributed by atoms with Crippen LogP contribution in [-0.2, 0) is 6.42 Å². The lowest BCUT2D eigenvalue weighted by molar-refractivity contribution is 0.0937. The monoisotopic (exact) mass is 342 g/mol. The quantitative estimate of drug-likeness (QED) is 0.811. The van der Waals surface area contributed by atoms with Crippen LogP contribution in [0.2, 0.25) is 0 Å². The first-order chi connectivity index (χ1) is 11.8. The van der Waals surface area contributed by atoms with E-state index in [2.05, 4.69) is 10.3 Å². The molecule has 0 aliphatic heterocycles. The second-order valence-corrected chi connectivity index (χ2v) is 6.61. The molecule has 0 spiro atoms. The highest BCUT2D eigenvalue weighted by atomic mass is 16.5. The second kappa shape index (κ2) is 8.51. The lowest BCUT2D eigenvalue weighted by atomic mass is 10.1. The minimum absolute atomic E-state index is 0.0280. The summed E-state index contributed by atoms with van der Waals surface area (Å²) in [4.78, 5) is 26.7. The van der Waals surface area contributed by atoms with Gasteiger partial charge in [0, 0.05) is 11.7 Å². The molecule has 0 radical (unpaired) electrons. The number of rotatable bonds is 7. The van der Waals surface area contributed by atoms with Gasteiger partial charge >= 0.3 is 0 Å². The Morgan fingerprint density at radius 3 is 2.40 bits per heavy atom. The molecule has 1 heterocycles. The molecule has 5 nitrogen and oxygen atoms in total. The zero-order valence-electron chi connectivity index (χ0n) is 15.3. The molecule has 1 aromatic heterocycles. The zero-order valence-corrected chi connectivity index (χ0v) is 15.3. The number of hydrogen-bond acceptors (Lipinski definition) is 3. The van der Waals surface area contributed by atoms with E-state index in [0.717, 1.165) is 24.3 Å². The Labute approximate surface area is 148 Å². The number of H-pyrrole nitrogens is 1. The maximum atomic E-state index is 12.2. The van der Waals surface area contributed by atoms with Gasteiger partial charge in [-0.25, -0.2) is 0 Å². The summed E-state index contributed by atoms with van der Waals surface area (Å²) in [7, 11) is 0. The van der Waals surface area contributed by atoms with E-state index in [1.54, 1.807) is 19.1 Å². The van der Waals surface area contributed by atoms with Crippen molar-refractivity contribution in [2.24, 2.45) is 0 Å². The van der Waals surface area contributed by atoms with E-state index in [-0.39, 0.29) is 29.2 Å². The van der Waals surface area contributed by atoms with Crippen LogP contribution < -0.4 is 15.6 Å². The number of carbonyl (C=O) groups is 1. The van der Waals surface area contributed by atoms with Gasteiger partial charge in [-0.05, 0) is 70.4 Å². The van der Waals surface area contributed by atoms with Crippen molar-refractivity contribution in [2.45, 2.75) is 52.7 Å². The van der Waals surface area contributed by atoms with E-state index in [0.29, 0.717) is 0 Å². The third-order valence-electron chi connectivity index (χ3n) is 3.84. The largest absolute Gasteiger partial charge is 0.491 e. The summed E-state index contributed by atoms with van der Waals surface area (Å²) in [6.07, 6.45) is 1.79. The van der Waals surface area contributed by atoms with Gasteiger partial charge in [0.2, 0.25) is 0 Å². The molecule has 0 bridgehead atoms. The van der Waals surface area contributed by atoms with Crippen LogP contribution in [0.4, 0.5) is 0 Å². The molecule has 5 heteroatoms. The van der Waals surface area contributed by atoms with Crippen LogP contribution in [0.3, 0.4) is 0 Å². The minimum atomic E-state index is -0.356. The van der Waals surface area contributed by atoms with E-state index in [9.17, 15) is 9.59 Å². The Balaban J connectivity index is 1.86. The second-order valence-electron chi connectivity index (χ2n) is 6.61. The van der Waals surface area contributed by atoms with Gasteiger partial charge in [0.25, 0.3) is 11.5 Å². The first kappa shape index (κ1) is 18.8. The third-order valence-corrected chi connectivity index (χ3v) is 3.84. The van der Waals surface area contributed by atoms with E-state index in [4.69, 9.17) is 4.74 Å². The standard InChI is InChI=1S/C20H26N2O3/c1-13(2)25-17-10-8-16(9-11-17)7-5-14(3)21-19(23)18-12-6-15(4)22-20(18)24/h6,8-14H,5,7H2,1-4H3,(H,21,23)(H,22,24). The number of benzene rings is 1. The van der Waals surface area contributed by atoms with E-state index in [1.165, 1.54) is 5.56 Å². The van der Waals surface area contributed by atoms with Gasteiger partial charge in [-0.15, -0.1) is 0 Å². The Bertz CT molecular complexity index is 763. The molecule has 2 aromatic rings. The van der Waals surface area contributed by atoms with Gasteiger partial charge in [-0.1, -0.05) is 12.1 Å². The summed E-state index contributed by atoms with van der Waals surface area (Å²) in [6.45, 7) is 7.72. The summed E-state index contributed by atoms with van der Waals surface area (Å²) in [5, 5.41) is 2.88. The summed E-state index contributed by atoms with van der Waals surface area (Å²) in [5.74, 6) is 0.521. The molecule has 1 amide bonds. The van der Waals surface area contributed by atoms with E-state index in [1.807, 2.05) is 45.0 Å². The number of carbonyl (C=O) groups excluding carboxylic acids is 1. The Hall–Kier alpha value is -2.56. The average Bonchev–Trinajstić information content (AvgIpc) is 2.53. The minimum Gasteiger partial charge on any atom is -0.491 e. The number of hydrogen-bond donors (Lipinski definition) is 2. The number of nitrogens with one attached hydrogen (secondary N) is 2. The van der Waals surface area contributed by atoms with Crippen LogP contribution in [0.5, 0.6) is 5.75 Å². The topological polar surface area (TPSA) is 71.2 Å². The summed E-state index contributed by atoms with van der Waals surface area (Å²) in [6, 6.07) is 11.3. The van der Waals surface area contributed by atoms with Gasteiger partial charge in [0.05, 0.1) is 6.10 Å². The van der Waals surface area contributed by atoms with Crippen molar-refractivity contribution >= 4 is 5.91 Å². The van der Waals surface area contributed by atoms with Crippen molar-refractivity contribution < 1.29 is 9.53 Å². The van der Waals surface area contributed by atoms with Gasteiger partial charge < -0.3 is 15.0 Å². The molecule has 2 N–H and O–H groups in total. The summed E-state index contributed by atoms with van der Waals surface area (Å²) >= 11 is 0. The van der Waals surface area contributed by atoms with Crippen LogP contribution >= 0.6 is 0 Å². The van der Waals surface area contributed by atoms with Crippen LogP contribution in [0, 0.1) is 6.92 Å². The van der Waals surface area contributed by atoms with Crippen LogP contribution in [0.15, 0.2) is 41.2 Å². The summed E-state index contributed by atoms with van der Waals surface area (Å²) in [5.41, 5.74) is 1.71. The highest BCUT2D eigenvalue weighted by molar-refractivity contribution is 5.93. The molecular formula is C20H26N2O3. The van der Waals surface area contributed by atoms with Gasteiger partial charge in [0.1, 0.15) is 11.3 Å². The molecular weight excluding hydrogens is 316 g/mol. The Kier molecular flexibility index (Phi) is 6.39. The Morgan fingerprint density at radius 1 is 1.12 bits per heavy atom. The molecule has 0 aliphatic rings. The lowest BCUT2D eigenvalue weighted by Gasteiger charge is -2.14. The predicted molar refractivity (Wildman–Crippen MR) is 99.3 cm³/mol. The first-order valence-electron chi connectivity index (χ1n) is 8.61. The Morgan fingerprint density at radius 2 is 1.80 bits per heavy atom. The van der Waals surface area contributed by atoms with Crippen LogP contribution in [0.25, 0.3) is 0 Å². The van der Waals surface area contributed by atoms with Crippen molar-refractivity contribution in [2.75, 3.05) is 0 Å². The van der Waals surface area contributed by atoms with Crippen molar-refractivity contribution in [3.8, 4) is 5.75 Å². The molecule has 0 saturated heterocycles. The predicted octanol–water partition coefficient (Wildman–Crippen LogP) is 3.22. The molecule has 1 atom stereocenters. The molecule has 1 unspecified atom stereocenters. The van der Waals surface area contributed by atoms with Crippen LogP contribution in [0.1, 0.15) is 48.8 Å². The van der Waals surface area contributed by atoms with Crippen molar-refractivity contribution in [1.82, 2.24) is 10.3 Å². The molecule has 0 fully saturated rings. The molecule has 134 valence electrons. The number of aromatic nitrogens is 1. The zero-order chi connectivity index (χ0) is 18.4. The highest BCUT2D eigenvalue weighted by Crippen LogP contribution is 2.15. The number of pyridine rings is 1. The fraction of sp³-hybridized carbons (Fsp3) is 0.400. The maximum absolute atomic E-state index is 12.2. The van der Waals surface area contributed by atoms with E-state index < -0.39 is 0 Å². The van der Waals surface area contributed by atoms with Gasteiger partial charge in [-0.3, -0.25) is 9.59 Å². The van der Waals surface area contributed by atoms with Gasteiger partial charge in [0.15, 0.2) is 0 Å². The van der Waals surface area contributed by atoms with Crippen molar-refractivity contribution in [3.63, 3.8) is 0 Å². The fourth-order valence-electron chi connectivity index (χ4n) is 2.51. The molecule has 25 heavy (non-hydrogen) atoms. The highest BCUT2D eigenvalue weighted by Gasteiger charge is 2.13. The fourth-order valence-corrected chi connectivity index (χ4v) is 2.51. The number of amides is 1. The first-order valence-corrected chi connectivity index (χ1v) is 8.61. The lowest BCUT2D eigenvalue weighted by Crippen LogP contribution is -2.36. The van der Waals surface area contributed by atoms with Crippen molar-refractivity contribution in [3.05, 3.63) is 63.6 Å². The van der Waals surface area contributed by atoms with Gasteiger partial charge in [-0.2, -0.15) is 0 Å². The maximum Gasteiger partial charge on any atom is 0.260 e. The van der Waals surface area contributed by atoms with E-state index >= 15 is 0 Å². The molecule has 0 aliphatic carbocycles. The SMILES string of the molecule is Cc1ccc(C(=O)NC(C)CCc2ccc(OC(C)C)cc2)c(=O)[nH]1. The summed E-state index contributed by atoms with van der Waals surface area (Å²) < 4.78 is 5.63. The molecule has 0 saturated carbocycles. The van der Waals surface area contributed by atoms with Crippen LogP contribution in [-0.4, -0.2) is 23.0 Å². The number of aryl methyl sites for hydroxylation is 2. The average molecular weight is 342 g/mol. The number of aromatic amines is 1. The number of ether oxygens (including phenoxy) is 1. The van der Waals surface area contributed by atoms with Crippen molar-refractivity contribution in [1.29, 1.82) is 0 Å². The molecule has 1 aromatic carbocycles.